The van der Waals surface area contributed by atoms with Gasteiger partial charge in [0.25, 0.3) is 5.91 Å². The second kappa shape index (κ2) is 8.82. The van der Waals surface area contributed by atoms with Crippen molar-refractivity contribution in [3.63, 3.8) is 0 Å². The first-order valence-electron chi connectivity index (χ1n) is 9.85. The lowest BCUT2D eigenvalue weighted by atomic mass is 9.87. The van der Waals surface area contributed by atoms with E-state index in [2.05, 4.69) is 15.2 Å². The van der Waals surface area contributed by atoms with Crippen molar-refractivity contribution >= 4 is 11.7 Å². The molecule has 1 aromatic rings. The summed E-state index contributed by atoms with van der Waals surface area (Å²) in [7, 11) is 3.51. The van der Waals surface area contributed by atoms with Gasteiger partial charge < -0.3 is 15.0 Å². The van der Waals surface area contributed by atoms with Crippen molar-refractivity contribution in [3.05, 3.63) is 23.9 Å². The summed E-state index contributed by atoms with van der Waals surface area (Å²) in [6, 6.07) is 3.77. The highest BCUT2D eigenvalue weighted by atomic mass is 16.5. The van der Waals surface area contributed by atoms with E-state index in [1.165, 1.54) is 38.5 Å². The summed E-state index contributed by atoms with van der Waals surface area (Å²) in [5.41, 5.74) is 0.818. The van der Waals surface area contributed by atoms with Crippen LogP contribution < -0.4 is 5.32 Å². The molecule has 1 aromatic heterocycles. The van der Waals surface area contributed by atoms with Crippen LogP contribution in [0.1, 0.15) is 48.9 Å². The Kier molecular flexibility index (Phi) is 6.48. The van der Waals surface area contributed by atoms with E-state index >= 15 is 0 Å². The number of hydrogen-bond donors (Lipinski definition) is 1. The molecule has 0 aromatic carbocycles. The van der Waals surface area contributed by atoms with Crippen LogP contribution in [0.4, 0.5) is 5.82 Å². The molecule has 3 rings (SSSR count). The summed E-state index contributed by atoms with van der Waals surface area (Å²) in [5, 5.41) is 3.56. The van der Waals surface area contributed by atoms with E-state index in [0.717, 1.165) is 38.7 Å². The zero-order chi connectivity index (χ0) is 18.4. The first-order valence-corrected chi connectivity index (χ1v) is 9.85. The van der Waals surface area contributed by atoms with Gasteiger partial charge in [0, 0.05) is 45.5 Å². The second-order valence-corrected chi connectivity index (χ2v) is 7.72. The van der Waals surface area contributed by atoms with Gasteiger partial charge in [-0.25, -0.2) is 4.98 Å². The van der Waals surface area contributed by atoms with Gasteiger partial charge in [0.05, 0.1) is 18.8 Å². The van der Waals surface area contributed by atoms with Crippen LogP contribution in [0.2, 0.25) is 0 Å². The molecular weight excluding hydrogens is 328 g/mol. The third kappa shape index (κ3) is 4.54. The van der Waals surface area contributed by atoms with E-state index in [1.807, 2.05) is 12.1 Å². The molecule has 1 aliphatic carbocycles. The van der Waals surface area contributed by atoms with E-state index in [4.69, 9.17) is 4.74 Å². The average Bonchev–Trinajstić information content (AvgIpc) is 2.93. The maximum Gasteiger partial charge on any atom is 0.254 e. The monoisotopic (exact) mass is 360 g/mol. The van der Waals surface area contributed by atoms with Crippen molar-refractivity contribution in [1.82, 2.24) is 14.8 Å². The molecule has 0 radical (unpaired) electrons. The van der Waals surface area contributed by atoms with Crippen LogP contribution in [0.5, 0.6) is 0 Å². The fraction of sp³-hybridized carbons (Fsp3) is 0.700. The normalized spacial score (nSPS) is 21.0. The highest BCUT2D eigenvalue weighted by Gasteiger charge is 2.37. The van der Waals surface area contributed by atoms with Gasteiger partial charge in [-0.1, -0.05) is 25.7 Å². The van der Waals surface area contributed by atoms with E-state index in [0.29, 0.717) is 5.56 Å². The molecule has 144 valence electrons. The summed E-state index contributed by atoms with van der Waals surface area (Å²) >= 11 is 0. The molecule has 6 nitrogen and oxygen atoms in total. The number of ether oxygens (including phenoxy) is 1. The number of nitrogens with one attached hydrogen (secondary N) is 1. The van der Waals surface area contributed by atoms with E-state index in [-0.39, 0.29) is 11.4 Å². The fourth-order valence-corrected chi connectivity index (χ4v) is 4.17. The summed E-state index contributed by atoms with van der Waals surface area (Å²) in [6.45, 7) is 4.61. The average molecular weight is 361 g/mol. The fourth-order valence-electron chi connectivity index (χ4n) is 4.17. The minimum Gasteiger partial charge on any atom is -0.379 e. The minimum atomic E-state index is -0.0161. The Morgan fingerprint density at radius 2 is 1.88 bits per heavy atom. The summed E-state index contributed by atoms with van der Waals surface area (Å²) in [6.07, 6.45) is 9.40. The molecule has 0 unspecified atom stereocenters. The number of rotatable bonds is 5. The number of anilines is 1. The third-order valence-electron chi connectivity index (χ3n) is 5.73. The van der Waals surface area contributed by atoms with Gasteiger partial charge in [-0.05, 0) is 25.0 Å². The minimum absolute atomic E-state index is 0.0161. The number of aromatic nitrogens is 1. The SMILES string of the molecule is CN(C)C(=O)c1ccc(NCC2(N3CCOCC3)CCCCCC2)nc1. The van der Waals surface area contributed by atoms with Gasteiger partial charge in [0.15, 0.2) is 0 Å². The van der Waals surface area contributed by atoms with Crippen LogP contribution in [0.25, 0.3) is 0 Å². The predicted molar refractivity (Wildman–Crippen MR) is 104 cm³/mol. The molecule has 26 heavy (non-hydrogen) atoms. The number of hydrogen-bond acceptors (Lipinski definition) is 5. The maximum absolute atomic E-state index is 12.0. The number of pyridine rings is 1. The molecule has 0 bridgehead atoms. The van der Waals surface area contributed by atoms with Gasteiger partial charge in [0.2, 0.25) is 0 Å². The standard InChI is InChI=1S/C20H32N4O2/c1-23(2)19(25)17-7-8-18(21-15-17)22-16-20(9-5-3-4-6-10-20)24-11-13-26-14-12-24/h7-8,15H,3-6,9-14,16H2,1-2H3,(H,21,22). The van der Waals surface area contributed by atoms with Crippen molar-refractivity contribution in [2.45, 2.75) is 44.1 Å². The molecule has 0 spiro atoms. The lowest BCUT2D eigenvalue weighted by Gasteiger charge is -2.46. The lowest BCUT2D eigenvalue weighted by Crippen LogP contribution is -2.56. The first kappa shape index (κ1) is 19.1. The van der Waals surface area contributed by atoms with Crippen LogP contribution in [-0.4, -0.2) is 73.2 Å². The Morgan fingerprint density at radius 1 is 1.19 bits per heavy atom. The molecule has 1 aliphatic heterocycles. The Morgan fingerprint density at radius 3 is 2.46 bits per heavy atom. The van der Waals surface area contributed by atoms with Crippen LogP contribution in [-0.2, 0) is 4.74 Å². The molecule has 1 amide bonds. The highest BCUT2D eigenvalue weighted by Crippen LogP contribution is 2.33. The quantitative estimate of drug-likeness (QED) is 0.818. The molecule has 2 heterocycles. The van der Waals surface area contributed by atoms with Crippen LogP contribution >= 0.6 is 0 Å². The van der Waals surface area contributed by atoms with Gasteiger partial charge in [-0.3, -0.25) is 9.69 Å². The summed E-state index contributed by atoms with van der Waals surface area (Å²) in [4.78, 5) is 20.7. The molecule has 1 saturated carbocycles. The van der Waals surface area contributed by atoms with Crippen molar-refractivity contribution in [3.8, 4) is 0 Å². The van der Waals surface area contributed by atoms with E-state index in [1.54, 1.807) is 25.2 Å². The van der Waals surface area contributed by atoms with Crippen molar-refractivity contribution in [2.24, 2.45) is 0 Å². The Hall–Kier alpha value is -1.66. The predicted octanol–water partition coefficient (Wildman–Crippen LogP) is 2.62. The Bertz CT molecular complexity index is 574. The maximum atomic E-state index is 12.0. The molecule has 6 heteroatoms. The molecule has 1 saturated heterocycles. The number of carbonyl (C=O) groups excluding carboxylic acids is 1. The number of amides is 1. The summed E-state index contributed by atoms with van der Waals surface area (Å²) in [5.74, 6) is 0.829. The molecule has 1 N–H and O–H groups in total. The third-order valence-corrected chi connectivity index (χ3v) is 5.73. The van der Waals surface area contributed by atoms with Crippen molar-refractivity contribution in [2.75, 3.05) is 52.3 Å². The highest BCUT2D eigenvalue weighted by molar-refractivity contribution is 5.93. The van der Waals surface area contributed by atoms with Gasteiger partial charge >= 0.3 is 0 Å². The van der Waals surface area contributed by atoms with E-state index in [9.17, 15) is 4.79 Å². The lowest BCUT2D eigenvalue weighted by molar-refractivity contribution is -0.0240. The largest absolute Gasteiger partial charge is 0.379 e. The summed E-state index contributed by atoms with van der Waals surface area (Å²) < 4.78 is 5.57. The first-order chi connectivity index (χ1) is 12.6. The molecule has 2 fully saturated rings. The van der Waals surface area contributed by atoms with Gasteiger partial charge in [-0.2, -0.15) is 0 Å². The Balaban J connectivity index is 1.68. The van der Waals surface area contributed by atoms with Crippen molar-refractivity contribution < 1.29 is 9.53 Å². The molecule has 0 atom stereocenters. The van der Waals surface area contributed by atoms with Crippen molar-refractivity contribution in [1.29, 1.82) is 0 Å². The van der Waals surface area contributed by atoms with E-state index < -0.39 is 0 Å². The van der Waals surface area contributed by atoms with Crippen LogP contribution in [0, 0.1) is 0 Å². The smallest absolute Gasteiger partial charge is 0.254 e. The number of carbonyl (C=O) groups is 1. The van der Waals surface area contributed by atoms with Gasteiger partial charge in [0.1, 0.15) is 5.82 Å². The molecular formula is C20H32N4O2. The number of morpholine rings is 1. The second-order valence-electron chi connectivity index (χ2n) is 7.72. The van der Waals surface area contributed by atoms with Crippen LogP contribution in [0.15, 0.2) is 18.3 Å². The zero-order valence-electron chi connectivity index (χ0n) is 16.2. The zero-order valence-corrected chi connectivity index (χ0v) is 16.2. The topological polar surface area (TPSA) is 57.7 Å². The Labute approximate surface area is 156 Å². The van der Waals surface area contributed by atoms with Crippen LogP contribution in [0.3, 0.4) is 0 Å². The van der Waals surface area contributed by atoms with Gasteiger partial charge in [-0.15, -0.1) is 0 Å². The molecule has 2 aliphatic rings. The number of nitrogens with zero attached hydrogens (tertiary/aromatic N) is 3.